The summed E-state index contributed by atoms with van der Waals surface area (Å²) in [5, 5.41) is 12.6. The minimum Gasteiger partial charge on any atom is -0.493 e. The van der Waals surface area contributed by atoms with Crippen molar-refractivity contribution in [1.82, 2.24) is 19.6 Å². The van der Waals surface area contributed by atoms with Crippen LogP contribution >= 0.6 is 11.6 Å². The number of nitrogens with zero attached hydrogens (tertiary/aromatic N) is 4. The van der Waals surface area contributed by atoms with Gasteiger partial charge in [-0.05, 0) is 68.3 Å². The Kier molecular flexibility index (Phi) is 7.49. The highest BCUT2D eigenvalue weighted by molar-refractivity contribution is 6.31. The van der Waals surface area contributed by atoms with Gasteiger partial charge in [0.25, 0.3) is 5.91 Å². The van der Waals surface area contributed by atoms with Crippen LogP contribution in [0.5, 0.6) is 17.2 Å². The SMILES string of the molecule is COc1ccc(Cn2nc(C)c(NC(=O)c3ccn(COc4ccc(Cl)c(C)c4)n3)c2C)cc1OC. The van der Waals surface area contributed by atoms with E-state index >= 15 is 0 Å². The lowest BCUT2D eigenvalue weighted by Crippen LogP contribution is -2.15. The van der Waals surface area contributed by atoms with Crippen molar-refractivity contribution in [3.63, 3.8) is 0 Å². The maximum atomic E-state index is 12.9. The molecule has 2 heterocycles. The average molecular weight is 510 g/mol. The molecule has 0 unspecified atom stereocenters. The maximum absolute atomic E-state index is 12.9. The van der Waals surface area contributed by atoms with Gasteiger partial charge in [-0.15, -0.1) is 0 Å². The largest absolute Gasteiger partial charge is 0.493 e. The second kappa shape index (κ2) is 10.7. The molecule has 9 nitrogen and oxygen atoms in total. The molecule has 0 radical (unpaired) electrons. The first-order valence-electron chi connectivity index (χ1n) is 11.3. The zero-order chi connectivity index (χ0) is 25.8. The van der Waals surface area contributed by atoms with Crippen LogP contribution in [-0.2, 0) is 13.3 Å². The van der Waals surface area contributed by atoms with Crippen LogP contribution < -0.4 is 19.5 Å². The highest BCUT2D eigenvalue weighted by Crippen LogP contribution is 2.29. The summed E-state index contributed by atoms with van der Waals surface area (Å²) in [6, 6.07) is 12.8. The Morgan fingerprint density at radius 3 is 2.50 bits per heavy atom. The molecule has 1 N–H and O–H groups in total. The molecule has 0 bridgehead atoms. The number of halogens is 1. The maximum Gasteiger partial charge on any atom is 0.276 e. The number of amides is 1. The molecule has 188 valence electrons. The van der Waals surface area contributed by atoms with Crippen molar-refractivity contribution < 1.29 is 19.0 Å². The van der Waals surface area contributed by atoms with E-state index in [0.717, 1.165) is 16.8 Å². The molecule has 1 amide bonds. The smallest absolute Gasteiger partial charge is 0.276 e. The summed E-state index contributed by atoms with van der Waals surface area (Å²) in [5.41, 5.74) is 4.39. The molecule has 0 aliphatic carbocycles. The number of aromatic nitrogens is 4. The minimum absolute atomic E-state index is 0.162. The van der Waals surface area contributed by atoms with Crippen molar-refractivity contribution in [3.8, 4) is 17.2 Å². The second-order valence-corrected chi connectivity index (χ2v) is 8.68. The molecular formula is C26H28ClN5O4. The number of benzene rings is 2. The van der Waals surface area contributed by atoms with E-state index in [1.165, 1.54) is 0 Å². The molecule has 0 aliphatic heterocycles. The molecule has 0 fully saturated rings. The van der Waals surface area contributed by atoms with Gasteiger partial charge in [0.1, 0.15) is 5.75 Å². The lowest BCUT2D eigenvalue weighted by atomic mass is 10.2. The lowest BCUT2D eigenvalue weighted by Gasteiger charge is -2.11. The number of carbonyl (C=O) groups is 1. The Bertz CT molecular complexity index is 1400. The van der Waals surface area contributed by atoms with Crippen molar-refractivity contribution >= 4 is 23.2 Å². The van der Waals surface area contributed by atoms with Crippen molar-refractivity contribution in [2.75, 3.05) is 19.5 Å². The summed E-state index contributed by atoms with van der Waals surface area (Å²) < 4.78 is 19.8. The molecule has 0 saturated carbocycles. The molecule has 0 aliphatic rings. The van der Waals surface area contributed by atoms with E-state index in [9.17, 15) is 4.79 Å². The van der Waals surface area contributed by atoms with Crippen LogP contribution in [0, 0.1) is 20.8 Å². The normalized spacial score (nSPS) is 10.8. The Labute approximate surface area is 214 Å². The number of nitrogens with one attached hydrogen (secondary N) is 1. The van der Waals surface area contributed by atoms with Crippen LogP contribution in [0.15, 0.2) is 48.7 Å². The van der Waals surface area contributed by atoms with Gasteiger partial charge in [0.05, 0.1) is 37.8 Å². The molecule has 0 spiro atoms. The van der Waals surface area contributed by atoms with Crippen LogP contribution in [0.4, 0.5) is 5.69 Å². The molecule has 36 heavy (non-hydrogen) atoms. The van der Waals surface area contributed by atoms with Gasteiger partial charge in [0.2, 0.25) is 0 Å². The topological polar surface area (TPSA) is 92.4 Å². The number of aryl methyl sites for hydroxylation is 2. The number of hydrogen-bond acceptors (Lipinski definition) is 6. The summed E-state index contributed by atoms with van der Waals surface area (Å²) >= 11 is 6.06. The highest BCUT2D eigenvalue weighted by Gasteiger charge is 2.18. The zero-order valence-electron chi connectivity index (χ0n) is 20.8. The number of methoxy groups -OCH3 is 2. The van der Waals surface area contributed by atoms with Crippen molar-refractivity contribution in [1.29, 1.82) is 0 Å². The Balaban J connectivity index is 1.42. The van der Waals surface area contributed by atoms with Crippen LogP contribution in [0.3, 0.4) is 0 Å². The molecule has 4 rings (SSSR count). The molecule has 2 aromatic carbocycles. The minimum atomic E-state index is -0.326. The summed E-state index contributed by atoms with van der Waals surface area (Å²) in [7, 11) is 3.20. The van der Waals surface area contributed by atoms with E-state index in [4.69, 9.17) is 25.8 Å². The van der Waals surface area contributed by atoms with Crippen LogP contribution in [0.1, 0.15) is 33.0 Å². The second-order valence-electron chi connectivity index (χ2n) is 8.27. The van der Waals surface area contributed by atoms with Gasteiger partial charge in [-0.2, -0.15) is 10.2 Å². The van der Waals surface area contributed by atoms with E-state index in [2.05, 4.69) is 15.5 Å². The Morgan fingerprint density at radius 2 is 1.78 bits per heavy atom. The number of hydrogen-bond donors (Lipinski definition) is 1. The Morgan fingerprint density at radius 1 is 1.00 bits per heavy atom. The molecule has 4 aromatic rings. The fraction of sp³-hybridized carbons (Fsp3) is 0.269. The first kappa shape index (κ1) is 25.1. The highest BCUT2D eigenvalue weighted by atomic mass is 35.5. The lowest BCUT2D eigenvalue weighted by molar-refractivity contribution is 0.102. The summed E-state index contributed by atoms with van der Waals surface area (Å²) in [6.07, 6.45) is 1.69. The predicted molar refractivity (Wildman–Crippen MR) is 137 cm³/mol. The third-order valence-electron chi connectivity index (χ3n) is 5.77. The van der Waals surface area contributed by atoms with Gasteiger partial charge in [-0.3, -0.25) is 9.48 Å². The van der Waals surface area contributed by atoms with E-state index in [1.54, 1.807) is 43.3 Å². The summed E-state index contributed by atoms with van der Waals surface area (Å²) in [6.45, 7) is 6.35. The van der Waals surface area contributed by atoms with Gasteiger partial charge in [0, 0.05) is 11.2 Å². The fourth-order valence-corrected chi connectivity index (χ4v) is 3.88. The zero-order valence-corrected chi connectivity index (χ0v) is 21.6. The van der Waals surface area contributed by atoms with Crippen LogP contribution in [0.25, 0.3) is 0 Å². The van der Waals surface area contributed by atoms with Crippen molar-refractivity contribution in [2.24, 2.45) is 0 Å². The van der Waals surface area contributed by atoms with E-state index in [1.807, 2.05) is 49.7 Å². The fourth-order valence-electron chi connectivity index (χ4n) is 3.76. The Hall–Kier alpha value is -3.98. The quantitative estimate of drug-likeness (QED) is 0.341. The van der Waals surface area contributed by atoms with Gasteiger partial charge < -0.3 is 19.5 Å². The van der Waals surface area contributed by atoms with Gasteiger partial charge in [-0.25, -0.2) is 4.68 Å². The molecule has 2 aromatic heterocycles. The van der Waals surface area contributed by atoms with E-state index in [-0.39, 0.29) is 18.3 Å². The third-order valence-corrected chi connectivity index (χ3v) is 6.19. The standard InChI is InChI=1S/C26H28ClN5O4/c1-16-12-20(7-8-21(16)27)36-15-31-11-10-22(30-31)26(33)28-25-17(2)29-32(18(25)3)14-19-6-9-23(34-4)24(13-19)35-5/h6-13H,14-15H2,1-5H3,(H,28,33). The van der Waals surface area contributed by atoms with E-state index < -0.39 is 0 Å². The van der Waals surface area contributed by atoms with Gasteiger partial charge in [-0.1, -0.05) is 17.7 Å². The molecular weight excluding hydrogens is 482 g/mol. The van der Waals surface area contributed by atoms with Crippen LogP contribution in [0.2, 0.25) is 5.02 Å². The van der Waals surface area contributed by atoms with Crippen molar-refractivity contribution in [3.05, 3.63) is 81.9 Å². The van der Waals surface area contributed by atoms with Crippen molar-refractivity contribution in [2.45, 2.75) is 34.0 Å². The third kappa shape index (κ3) is 5.46. The number of carbonyl (C=O) groups excluding carboxylic acids is 1. The molecule has 0 saturated heterocycles. The first-order valence-corrected chi connectivity index (χ1v) is 11.7. The number of ether oxygens (including phenoxy) is 3. The summed E-state index contributed by atoms with van der Waals surface area (Å²) in [5.74, 6) is 1.66. The monoisotopic (exact) mass is 509 g/mol. The number of rotatable bonds is 9. The first-order chi connectivity index (χ1) is 17.3. The average Bonchev–Trinajstić information content (AvgIpc) is 3.45. The van der Waals surface area contributed by atoms with Gasteiger partial charge >= 0.3 is 0 Å². The van der Waals surface area contributed by atoms with E-state index in [0.29, 0.717) is 40.2 Å². The molecule has 10 heteroatoms. The number of anilines is 1. The summed E-state index contributed by atoms with van der Waals surface area (Å²) in [4.78, 5) is 12.9. The molecule has 0 atom stereocenters. The van der Waals surface area contributed by atoms with Crippen LogP contribution in [-0.4, -0.2) is 39.7 Å². The predicted octanol–water partition coefficient (Wildman–Crippen LogP) is 5.01. The van der Waals surface area contributed by atoms with Gasteiger partial charge in [0.15, 0.2) is 23.9 Å².